The minimum Gasteiger partial charge on any atom is -0.331 e. The van der Waals surface area contributed by atoms with Crippen LogP contribution in [-0.2, 0) is 17.6 Å². The van der Waals surface area contributed by atoms with Crippen molar-refractivity contribution in [2.24, 2.45) is 5.92 Å². The summed E-state index contributed by atoms with van der Waals surface area (Å²) in [6, 6.07) is 20.0. The van der Waals surface area contributed by atoms with Crippen LogP contribution in [0.3, 0.4) is 0 Å². The number of piperidine rings is 1. The summed E-state index contributed by atoms with van der Waals surface area (Å²) in [5.41, 5.74) is 5.02. The molecule has 1 N–H and O–H groups in total. The van der Waals surface area contributed by atoms with Crippen molar-refractivity contribution in [3.05, 3.63) is 100 Å². The minimum atomic E-state index is -0.526. The van der Waals surface area contributed by atoms with Gasteiger partial charge < -0.3 is 10.2 Å². The minimum absolute atomic E-state index is 0.0862. The maximum absolute atomic E-state index is 14.7. The smallest absolute Gasteiger partial charge is 0.257 e. The summed E-state index contributed by atoms with van der Waals surface area (Å²) < 4.78 is 14.7. The molecular weight excluding hydrogens is 427 g/mol. The average Bonchev–Trinajstić information content (AvgIpc) is 3.32. The fourth-order valence-corrected chi connectivity index (χ4v) is 5.49. The molecule has 174 valence electrons. The van der Waals surface area contributed by atoms with Crippen molar-refractivity contribution in [1.29, 1.82) is 0 Å². The second-order valence-electron chi connectivity index (χ2n) is 9.36. The summed E-state index contributed by atoms with van der Waals surface area (Å²) in [7, 11) is 0. The number of amides is 2. The maximum atomic E-state index is 14.7. The molecule has 2 amide bonds. The molecule has 1 heterocycles. The van der Waals surface area contributed by atoms with Crippen LogP contribution < -0.4 is 5.32 Å². The molecule has 5 rings (SSSR count). The number of benzene rings is 3. The zero-order chi connectivity index (χ0) is 23.7. The molecule has 2 aliphatic rings. The molecule has 4 nitrogen and oxygen atoms in total. The van der Waals surface area contributed by atoms with E-state index >= 15 is 0 Å². The Hall–Kier alpha value is -3.47. The van der Waals surface area contributed by atoms with E-state index in [4.69, 9.17) is 0 Å². The Labute approximate surface area is 199 Å². The molecule has 1 saturated heterocycles. The van der Waals surface area contributed by atoms with E-state index in [1.807, 2.05) is 36.4 Å². The van der Waals surface area contributed by atoms with Crippen molar-refractivity contribution in [3.8, 4) is 0 Å². The van der Waals surface area contributed by atoms with E-state index in [2.05, 4.69) is 17.4 Å². The van der Waals surface area contributed by atoms with E-state index < -0.39 is 17.8 Å². The standard InChI is InChI=1S/C29H29FN2O2/c1-19-8-5-14-25(30)26(19)29(34)32-17-7-13-24(27(32)21-9-3-2-4-10-21)28(33)31-23-16-15-20-11-6-12-22(20)18-23/h2-5,8-10,14-16,18,24,27H,6-7,11-13,17H2,1H3,(H,31,33)/t24-,27-/m0/s1. The SMILES string of the molecule is Cc1cccc(F)c1C(=O)N1CCC[C@H](C(=O)Nc2ccc3c(c2)CCC3)[C@@H]1c1ccccc1. The highest BCUT2D eigenvalue weighted by atomic mass is 19.1. The van der Waals surface area contributed by atoms with Gasteiger partial charge in [-0.25, -0.2) is 4.39 Å². The van der Waals surface area contributed by atoms with Crippen LogP contribution in [0.2, 0.25) is 0 Å². The van der Waals surface area contributed by atoms with Gasteiger partial charge in [0.15, 0.2) is 0 Å². The molecule has 1 aliphatic carbocycles. The summed E-state index contributed by atoms with van der Waals surface area (Å²) >= 11 is 0. The third-order valence-corrected chi connectivity index (χ3v) is 7.17. The molecule has 3 aromatic carbocycles. The van der Waals surface area contributed by atoms with Gasteiger partial charge in [0.2, 0.25) is 5.91 Å². The molecule has 0 bridgehead atoms. The van der Waals surface area contributed by atoms with Crippen molar-refractivity contribution in [2.45, 2.75) is 45.1 Å². The zero-order valence-corrected chi connectivity index (χ0v) is 19.4. The molecule has 2 atom stereocenters. The van der Waals surface area contributed by atoms with Crippen LogP contribution in [0, 0.1) is 18.7 Å². The van der Waals surface area contributed by atoms with E-state index in [9.17, 15) is 14.0 Å². The van der Waals surface area contributed by atoms with Gasteiger partial charge in [-0.3, -0.25) is 9.59 Å². The van der Waals surface area contributed by atoms with Crippen LogP contribution in [0.5, 0.6) is 0 Å². The van der Waals surface area contributed by atoms with E-state index in [-0.39, 0.29) is 17.4 Å². The van der Waals surface area contributed by atoms with E-state index in [1.165, 1.54) is 17.2 Å². The first-order valence-corrected chi connectivity index (χ1v) is 12.1. The Morgan fingerprint density at radius 1 is 0.941 bits per heavy atom. The maximum Gasteiger partial charge on any atom is 0.257 e. The van der Waals surface area contributed by atoms with Gasteiger partial charge in [-0.15, -0.1) is 0 Å². The second kappa shape index (κ2) is 9.41. The van der Waals surface area contributed by atoms with Crippen LogP contribution in [0.25, 0.3) is 0 Å². The second-order valence-corrected chi connectivity index (χ2v) is 9.36. The predicted molar refractivity (Wildman–Crippen MR) is 131 cm³/mol. The Balaban J connectivity index is 1.47. The van der Waals surface area contributed by atoms with Gasteiger partial charge in [0.1, 0.15) is 5.82 Å². The summed E-state index contributed by atoms with van der Waals surface area (Å²) in [6.07, 6.45) is 4.63. The highest BCUT2D eigenvalue weighted by Gasteiger charge is 2.40. The summed E-state index contributed by atoms with van der Waals surface area (Å²) in [5, 5.41) is 3.11. The third kappa shape index (κ3) is 4.23. The van der Waals surface area contributed by atoms with Gasteiger partial charge >= 0.3 is 0 Å². The highest BCUT2D eigenvalue weighted by molar-refractivity contribution is 5.98. The summed E-state index contributed by atoms with van der Waals surface area (Å²) in [5.74, 6) is -1.42. The van der Waals surface area contributed by atoms with Crippen molar-refractivity contribution < 1.29 is 14.0 Å². The highest BCUT2D eigenvalue weighted by Crippen LogP contribution is 2.38. The number of carbonyl (C=O) groups excluding carboxylic acids is 2. The molecule has 1 fully saturated rings. The van der Waals surface area contributed by atoms with Crippen molar-refractivity contribution in [1.82, 2.24) is 4.90 Å². The lowest BCUT2D eigenvalue weighted by atomic mass is 9.83. The number of aryl methyl sites for hydroxylation is 3. The average molecular weight is 457 g/mol. The third-order valence-electron chi connectivity index (χ3n) is 7.17. The molecule has 5 heteroatoms. The molecule has 0 spiro atoms. The fraction of sp³-hybridized carbons (Fsp3) is 0.310. The van der Waals surface area contributed by atoms with Gasteiger partial charge in [-0.05, 0) is 79.5 Å². The number of rotatable bonds is 4. The molecule has 0 aromatic heterocycles. The predicted octanol–water partition coefficient (Wildman–Crippen LogP) is 5.86. The lowest BCUT2D eigenvalue weighted by Gasteiger charge is -2.41. The van der Waals surface area contributed by atoms with Crippen LogP contribution >= 0.6 is 0 Å². The number of likely N-dealkylation sites (tertiary alicyclic amines) is 1. The molecule has 0 radical (unpaired) electrons. The lowest BCUT2D eigenvalue weighted by Crippen LogP contribution is -2.46. The van der Waals surface area contributed by atoms with Gasteiger partial charge in [0.25, 0.3) is 5.91 Å². The van der Waals surface area contributed by atoms with Gasteiger partial charge in [0, 0.05) is 12.2 Å². The topological polar surface area (TPSA) is 49.4 Å². The Kier molecular flexibility index (Phi) is 6.18. The number of nitrogens with zero attached hydrogens (tertiary/aromatic N) is 1. The monoisotopic (exact) mass is 456 g/mol. The van der Waals surface area contributed by atoms with E-state index in [0.717, 1.165) is 30.5 Å². The number of halogens is 1. The molecule has 34 heavy (non-hydrogen) atoms. The van der Waals surface area contributed by atoms with Crippen LogP contribution in [0.4, 0.5) is 10.1 Å². The van der Waals surface area contributed by atoms with Gasteiger partial charge in [-0.2, -0.15) is 0 Å². The van der Waals surface area contributed by atoms with Gasteiger partial charge in [-0.1, -0.05) is 48.5 Å². The van der Waals surface area contributed by atoms with Crippen molar-refractivity contribution >= 4 is 17.5 Å². The quantitative estimate of drug-likeness (QED) is 0.535. The number of carbonyl (C=O) groups is 2. The number of hydrogen-bond donors (Lipinski definition) is 1. The van der Waals surface area contributed by atoms with E-state index in [0.29, 0.717) is 24.9 Å². The number of nitrogens with one attached hydrogen (secondary N) is 1. The Morgan fingerprint density at radius 2 is 1.74 bits per heavy atom. The van der Waals surface area contributed by atoms with Gasteiger partial charge in [0.05, 0.1) is 17.5 Å². The zero-order valence-electron chi connectivity index (χ0n) is 19.4. The van der Waals surface area contributed by atoms with Crippen LogP contribution in [0.15, 0.2) is 66.7 Å². The molecule has 0 unspecified atom stereocenters. The lowest BCUT2D eigenvalue weighted by molar-refractivity contribution is -0.123. The van der Waals surface area contributed by atoms with E-state index in [1.54, 1.807) is 24.0 Å². The number of hydrogen-bond acceptors (Lipinski definition) is 2. The Morgan fingerprint density at radius 3 is 2.53 bits per heavy atom. The number of fused-ring (bicyclic) bond motifs is 1. The molecule has 1 aliphatic heterocycles. The molecule has 0 saturated carbocycles. The van der Waals surface area contributed by atoms with Crippen molar-refractivity contribution in [2.75, 3.05) is 11.9 Å². The molecular formula is C29H29FN2O2. The normalized spacial score (nSPS) is 19.5. The fourth-order valence-electron chi connectivity index (χ4n) is 5.49. The number of anilines is 1. The van der Waals surface area contributed by atoms with Crippen LogP contribution in [-0.4, -0.2) is 23.3 Å². The van der Waals surface area contributed by atoms with Crippen LogP contribution in [0.1, 0.15) is 57.9 Å². The Bertz CT molecular complexity index is 1200. The molecule has 3 aromatic rings. The first-order valence-electron chi connectivity index (χ1n) is 12.1. The largest absolute Gasteiger partial charge is 0.331 e. The summed E-state index contributed by atoms with van der Waals surface area (Å²) in [6.45, 7) is 2.23. The summed E-state index contributed by atoms with van der Waals surface area (Å²) in [4.78, 5) is 28.9. The van der Waals surface area contributed by atoms with Crippen molar-refractivity contribution in [3.63, 3.8) is 0 Å². The first kappa shape index (κ1) is 22.3. The first-order chi connectivity index (χ1) is 16.5.